The van der Waals surface area contributed by atoms with Gasteiger partial charge in [0.15, 0.2) is 0 Å². The summed E-state index contributed by atoms with van der Waals surface area (Å²) < 4.78 is 2.05. The summed E-state index contributed by atoms with van der Waals surface area (Å²) in [6, 6.07) is 2.15. The molecule has 0 radical (unpaired) electrons. The lowest BCUT2D eigenvalue weighted by Gasteiger charge is -2.24. The molecular weight excluding hydrogens is 198 g/mol. The van der Waals surface area contributed by atoms with Gasteiger partial charge in [0, 0.05) is 11.5 Å². The van der Waals surface area contributed by atoms with E-state index in [0.29, 0.717) is 0 Å². The maximum absolute atomic E-state index is 6.01. The molecule has 1 aromatic heterocycles. The smallest absolute Gasteiger partial charge is 0.0681 e. The Balaban J connectivity index is 3.32. The minimum atomic E-state index is -0.0214. The van der Waals surface area contributed by atoms with Gasteiger partial charge in [-0.25, -0.2) is 0 Å². The van der Waals surface area contributed by atoms with Crippen LogP contribution < -0.4 is 5.73 Å². The van der Waals surface area contributed by atoms with Crippen molar-refractivity contribution in [3.8, 4) is 0 Å². The van der Waals surface area contributed by atoms with Gasteiger partial charge in [0.25, 0.3) is 0 Å². The van der Waals surface area contributed by atoms with Crippen LogP contribution in [0.1, 0.15) is 65.9 Å². The highest BCUT2D eigenvalue weighted by Gasteiger charge is 2.25. The van der Waals surface area contributed by atoms with E-state index in [0.717, 1.165) is 11.4 Å². The SMILES string of the molecule is C[C@@H](N)c1cc(C(C)(C)C)nn1C(C)(C)C. The highest BCUT2D eigenvalue weighted by Crippen LogP contribution is 2.27. The minimum absolute atomic E-state index is 0.0165. The van der Waals surface area contributed by atoms with E-state index in [1.807, 2.05) is 6.92 Å². The van der Waals surface area contributed by atoms with Crippen molar-refractivity contribution in [2.24, 2.45) is 5.73 Å². The fourth-order valence-corrected chi connectivity index (χ4v) is 1.62. The van der Waals surface area contributed by atoms with Gasteiger partial charge in [-0.1, -0.05) is 20.8 Å². The van der Waals surface area contributed by atoms with Crippen LogP contribution in [0.4, 0.5) is 0 Å². The largest absolute Gasteiger partial charge is 0.323 e. The second-order valence-electron chi connectivity index (χ2n) is 6.58. The van der Waals surface area contributed by atoms with Gasteiger partial charge < -0.3 is 5.73 Å². The molecule has 0 unspecified atom stereocenters. The van der Waals surface area contributed by atoms with Crippen molar-refractivity contribution in [3.05, 3.63) is 17.5 Å². The third-order valence-corrected chi connectivity index (χ3v) is 2.61. The van der Waals surface area contributed by atoms with Crippen LogP contribution in [-0.2, 0) is 11.0 Å². The van der Waals surface area contributed by atoms with Crippen molar-refractivity contribution in [2.75, 3.05) is 0 Å². The molecule has 0 saturated carbocycles. The molecular formula is C13H25N3. The molecule has 3 heteroatoms. The van der Waals surface area contributed by atoms with E-state index in [-0.39, 0.29) is 17.0 Å². The Morgan fingerprint density at radius 2 is 1.69 bits per heavy atom. The topological polar surface area (TPSA) is 43.8 Å². The van der Waals surface area contributed by atoms with Gasteiger partial charge >= 0.3 is 0 Å². The van der Waals surface area contributed by atoms with Crippen molar-refractivity contribution in [1.29, 1.82) is 0 Å². The number of hydrogen-bond acceptors (Lipinski definition) is 2. The van der Waals surface area contributed by atoms with Crippen molar-refractivity contribution in [1.82, 2.24) is 9.78 Å². The molecule has 0 aromatic carbocycles. The van der Waals surface area contributed by atoms with Crippen molar-refractivity contribution in [3.63, 3.8) is 0 Å². The van der Waals surface area contributed by atoms with E-state index in [9.17, 15) is 0 Å². The lowest BCUT2D eigenvalue weighted by atomic mass is 9.92. The highest BCUT2D eigenvalue weighted by atomic mass is 15.3. The predicted molar refractivity (Wildman–Crippen MR) is 68.5 cm³/mol. The first kappa shape index (κ1) is 13.2. The fourth-order valence-electron chi connectivity index (χ4n) is 1.62. The van der Waals surface area contributed by atoms with E-state index in [1.54, 1.807) is 0 Å². The number of rotatable bonds is 1. The molecule has 0 bridgehead atoms. The summed E-state index contributed by atoms with van der Waals surface area (Å²) in [5.74, 6) is 0. The normalized spacial score (nSPS) is 15.2. The Hall–Kier alpha value is -0.830. The first-order chi connectivity index (χ1) is 7.03. The number of nitrogens with zero attached hydrogens (tertiary/aromatic N) is 2. The number of aromatic nitrogens is 2. The monoisotopic (exact) mass is 223 g/mol. The van der Waals surface area contributed by atoms with Gasteiger partial charge in [-0.2, -0.15) is 5.10 Å². The molecule has 3 nitrogen and oxygen atoms in total. The second kappa shape index (κ2) is 3.88. The molecule has 0 amide bonds. The summed E-state index contributed by atoms with van der Waals surface area (Å²) in [5.41, 5.74) is 8.27. The maximum Gasteiger partial charge on any atom is 0.0681 e. The summed E-state index contributed by atoms with van der Waals surface area (Å²) >= 11 is 0. The predicted octanol–water partition coefficient (Wildman–Crippen LogP) is 2.96. The molecule has 0 spiro atoms. The molecule has 16 heavy (non-hydrogen) atoms. The van der Waals surface area contributed by atoms with E-state index >= 15 is 0 Å². The molecule has 1 rings (SSSR count). The summed E-state index contributed by atoms with van der Waals surface area (Å²) in [6.45, 7) is 15.0. The van der Waals surface area contributed by atoms with Crippen LogP contribution in [0.3, 0.4) is 0 Å². The van der Waals surface area contributed by atoms with Crippen LogP contribution in [0.15, 0.2) is 6.07 Å². The van der Waals surface area contributed by atoms with Crippen LogP contribution in [0, 0.1) is 0 Å². The van der Waals surface area contributed by atoms with E-state index < -0.39 is 0 Å². The van der Waals surface area contributed by atoms with Gasteiger partial charge in [-0.05, 0) is 33.8 Å². The third kappa shape index (κ3) is 2.64. The Kier molecular flexibility index (Phi) is 3.21. The zero-order valence-corrected chi connectivity index (χ0v) is 11.6. The maximum atomic E-state index is 6.01. The van der Waals surface area contributed by atoms with E-state index in [4.69, 9.17) is 10.8 Å². The summed E-state index contributed by atoms with van der Waals surface area (Å²) in [7, 11) is 0. The molecule has 0 aliphatic rings. The molecule has 92 valence electrons. The van der Waals surface area contributed by atoms with Gasteiger partial charge in [0.05, 0.1) is 16.9 Å². The molecule has 0 aliphatic heterocycles. The Bertz CT molecular complexity index is 362. The standard InChI is InChI=1S/C13H25N3/c1-9(14)10-8-11(12(2,3)4)15-16(10)13(5,6)7/h8-9H,14H2,1-7H3/t9-/m1/s1. The molecule has 0 aliphatic carbocycles. The first-order valence-corrected chi connectivity index (χ1v) is 5.90. The Morgan fingerprint density at radius 3 is 1.94 bits per heavy atom. The van der Waals surface area contributed by atoms with E-state index in [2.05, 4.69) is 52.3 Å². The molecule has 1 atom stereocenters. The minimum Gasteiger partial charge on any atom is -0.323 e. The van der Waals surface area contributed by atoms with Crippen LogP contribution >= 0.6 is 0 Å². The van der Waals surface area contributed by atoms with Gasteiger partial charge in [0.2, 0.25) is 0 Å². The van der Waals surface area contributed by atoms with Gasteiger partial charge in [0.1, 0.15) is 0 Å². The first-order valence-electron chi connectivity index (χ1n) is 5.90. The lowest BCUT2D eigenvalue weighted by Crippen LogP contribution is -2.28. The highest BCUT2D eigenvalue weighted by molar-refractivity contribution is 5.20. The molecule has 0 saturated heterocycles. The summed E-state index contributed by atoms with van der Waals surface area (Å²) in [4.78, 5) is 0. The zero-order chi connectivity index (χ0) is 12.7. The molecule has 0 fully saturated rings. The van der Waals surface area contributed by atoms with Crippen LogP contribution in [0.5, 0.6) is 0 Å². The zero-order valence-electron chi connectivity index (χ0n) is 11.6. The fraction of sp³-hybridized carbons (Fsp3) is 0.769. The average molecular weight is 223 g/mol. The van der Waals surface area contributed by atoms with Crippen LogP contribution in [0.2, 0.25) is 0 Å². The van der Waals surface area contributed by atoms with Crippen LogP contribution in [0.25, 0.3) is 0 Å². The average Bonchev–Trinajstić information content (AvgIpc) is 2.44. The quantitative estimate of drug-likeness (QED) is 0.795. The Morgan fingerprint density at radius 1 is 1.19 bits per heavy atom. The number of hydrogen-bond donors (Lipinski definition) is 1. The van der Waals surface area contributed by atoms with Gasteiger partial charge in [-0.15, -0.1) is 0 Å². The molecule has 2 N–H and O–H groups in total. The number of nitrogens with two attached hydrogens (primary N) is 1. The van der Waals surface area contributed by atoms with Gasteiger partial charge in [-0.3, -0.25) is 4.68 Å². The lowest BCUT2D eigenvalue weighted by molar-refractivity contribution is 0.332. The molecule has 1 aromatic rings. The Labute approximate surface area is 99.0 Å². The summed E-state index contributed by atoms with van der Waals surface area (Å²) in [5, 5.41) is 4.71. The van der Waals surface area contributed by atoms with Crippen molar-refractivity contribution in [2.45, 2.75) is 65.5 Å². The van der Waals surface area contributed by atoms with E-state index in [1.165, 1.54) is 0 Å². The third-order valence-electron chi connectivity index (χ3n) is 2.61. The van der Waals surface area contributed by atoms with Crippen molar-refractivity contribution < 1.29 is 0 Å². The summed E-state index contributed by atoms with van der Waals surface area (Å²) in [6.07, 6.45) is 0. The second-order valence-corrected chi connectivity index (χ2v) is 6.58. The van der Waals surface area contributed by atoms with Crippen LogP contribution in [-0.4, -0.2) is 9.78 Å². The van der Waals surface area contributed by atoms with Crippen molar-refractivity contribution >= 4 is 0 Å². The molecule has 1 heterocycles.